The number of hydrogen-bond donors (Lipinski definition) is 1. The predicted octanol–water partition coefficient (Wildman–Crippen LogP) is 3.95. The second kappa shape index (κ2) is 3.90. The van der Waals surface area contributed by atoms with Gasteiger partial charge in [0.25, 0.3) is 0 Å². The van der Waals surface area contributed by atoms with Crippen LogP contribution in [0.2, 0.25) is 10.2 Å². The maximum Gasteiger partial charge on any atom is 0.179 e. The van der Waals surface area contributed by atoms with Gasteiger partial charge in [-0.1, -0.05) is 44.0 Å². The molecule has 0 aromatic carbocycles. The van der Waals surface area contributed by atoms with E-state index in [2.05, 4.69) is 35.7 Å². The molecular weight excluding hydrogens is 245 g/mol. The Labute approximate surface area is 104 Å². The lowest BCUT2D eigenvalue weighted by molar-refractivity contribution is 0.479. The molecule has 2 aromatic rings. The topological polar surface area (TPSA) is 41.6 Å². The van der Waals surface area contributed by atoms with Crippen molar-refractivity contribution in [1.82, 2.24) is 15.0 Å². The summed E-state index contributed by atoms with van der Waals surface area (Å²) in [7, 11) is 0. The first kappa shape index (κ1) is 11.7. The van der Waals surface area contributed by atoms with E-state index in [9.17, 15) is 0 Å². The number of aromatic amines is 1. The van der Waals surface area contributed by atoms with E-state index in [1.165, 1.54) is 0 Å². The second-order valence-corrected chi connectivity index (χ2v) is 5.22. The Morgan fingerprint density at radius 2 is 2.00 bits per heavy atom. The predicted molar refractivity (Wildman–Crippen MR) is 67.2 cm³/mol. The molecule has 86 valence electrons. The molecule has 5 heteroatoms. The summed E-state index contributed by atoms with van der Waals surface area (Å²) in [4.78, 5) is 11.8. The van der Waals surface area contributed by atoms with Crippen molar-refractivity contribution in [3.8, 4) is 0 Å². The summed E-state index contributed by atoms with van der Waals surface area (Å²) in [5.74, 6) is 0.913. The molecule has 16 heavy (non-hydrogen) atoms. The normalized spacial score (nSPS) is 12.3. The minimum atomic E-state index is -0.000345. The summed E-state index contributed by atoms with van der Waals surface area (Å²) >= 11 is 11.8. The molecule has 3 nitrogen and oxygen atoms in total. The lowest BCUT2D eigenvalue weighted by atomic mass is 9.90. The number of pyridine rings is 1. The third-order valence-corrected chi connectivity index (χ3v) is 3.58. The molecule has 0 bridgehead atoms. The maximum atomic E-state index is 5.90. The largest absolute Gasteiger partial charge is 0.340 e. The Balaban J connectivity index is 2.61. The van der Waals surface area contributed by atoms with Crippen LogP contribution < -0.4 is 0 Å². The summed E-state index contributed by atoms with van der Waals surface area (Å²) in [6, 6.07) is 1.76. The van der Waals surface area contributed by atoms with E-state index < -0.39 is 0 Å². The van der Waals surface area contributed by atoms with Gasteiger partial charge in [-0.2, -0.15) is 0 Å². The Kier molecular flexibility index (Phi) is 2.84. The number of imidazole rings is 1. The summed E-state index contributed by atoms with van der Waals surface area (Å²) < 4.78 is 0. The third-order valence-electron chi connectivity index (χ3n) is 2.91. The maximum absolute atomic E-state index is 5.90. The van der Waals surface area contributed by atoms with Gasteiger partial charge in [0.15, 0.2) is 5.65 Å². The molecule has 0 aliphatic carbocycles. The van der Waals surface area contributed by atoms with Crippen LogP contribution in [0.1, 0.15) is 33.0 Å². The van der Waals surface area contributed by atoms with Gasteiger partial charge >= 0.3 is 0 Å². The zero-order valence-corrected chi connectivity index (χ0v) is 10.9. The fraction of sp³-hybridized carbons (Fsp3) is 0.455. The van der Waals surface area contributed by atoms with Gasteiger partial charge in [-0.05, 0) is 12.5 Å². The van der Waals surface area contributed by atoms with Crippen LogP contribution in [0.5, 0.6) is 0 Å². The molecule has 0 fully saturated rings. The average Bonchev–Trinajstić information content (AvgIpc) is 2.62. The molecule has 2 heterocycles. The molecule has 0 atom stereocenters. The van der Waals surface area contributed by atoms with E-state index in [-0.39, 0.29) is 5.41 Å². The lowest BCUT2D eigenvalue weighted by Gasteiger charge is -2.18. The zero-order chi connectivity index (χ0) is 11.9. The Morgan fingerprint density at radius 1 is 1.31 bits per heavy atom. The van der Waals surface area contributed by atoms with Crippen molar-refractivity contribution in [1.29, 1.82) is 0 Å². The number of nitrogens with zero attached hydrogens (tertiary/aromatic N) is 2. The number of fused-ring (bicyclic) bond motifs is 1. The van der Waals surface area contributed by atoms with Gasteiger partial charge in [0.1, 0.15) is 11.0 Å². The summed E-state index contributed by atoms with van der Waals surface area (Å²) in [6.07, 6.45) is 0.994. The lowest BCUT2D eigenvalue weighted by Crippen LogP contribution is -2.17. The van der Waals surface area contributed by atoms with Crippen LogP contribution in [-0.2, 0) is 5.41 Å². The SMILES string of the molecule is CCC(C)(C)c1nc2nc(Cl)c(Cl)cc2[nH]1. The highest BCUT2D eigenvalue weighted by Crippen LogP contribution is 2.28. The monoisotopic (exact) mass is 257 g/mol. The van der Waals surface area contributed by atoms with E-state index in [0.717, 1.165) is 17.8 Å². The Hall–Kier alpha value is -0.800. The number of hydrogen-bond acceptors (Lipinski definition) is 2. The van der Waals surface area contributed by atoms with Crippen LogP contribution in [0.15, 0.2) is 6.07 Å². The fourth-order valence-corrected chi connectivity index (χ4v) is 1.67. The van der Waals surface area contributed by atoms with Crippen LogP contribution in [0.3, 0.4) is 0 Å². The van der Waals surface area contributed by atoms with Crippen LogP contribution in [0.4, 0.5) is 0 Å². The van der Waals surface area contributed by atoms with Crippen molar-refractivity contribution in [2.75, 3.05) is 0 Å². The van der Waals surface area contributed by atoms with E-state index in [1.807, 2.05) is 0 Å². The summed E-state index contributed by atoms with van der Waals surface area (Å²) in [5, 5.41) is 0.736. The number of rotatable bonds is 2. The fourth-order valence-electron chi connectivity index (χ4n) is 1.38. The molecule has 2 aromatic heterocycles. The van der Waals surface area contributed by atoms with Crippen LogP contribution in [0.25, 0.3) is 11.2 Å². The summed E-state index contributed by atoms with van der Waals surface area (Å²) in [6.45, 7) is 6.39. The van der Waals surface area contributed by atoms with Crippen LogP contribution in [-0.4, -0.2) is 15.0 Å². The van der Waals surface area contributed by atoms with Gasteiger partial charge in [0.05, 0.1) is 10.5 Å². The highest BCUT2D eigenvalue weighted by atomic mass is 35.5. The molecule has 1 N–H and O–H groups in total. The van der Waals surface area contributed by atoms with Gasteiger partial charge in [-0.3, -0.25) is 0 Å². The number of halogens is 2. The highest BCUT2D eigenvalue weighted by Gasteiger charge is 2.22. The van der Waals surface area contributed by atoms with Gasteiger partial charge in [0.2, 0.25) is 0 Å². The van der Waals surface area contributed by atoms with E-state index in [1.54, 1.807) is 6.07 Å². The first-order valence-corrected chi connectivity index (χ1v) is 5.92. The minimum Gasteiger partial charge on any atom is -0.340 e. The van der Waals surface area contributed by atoms with Gasteiger partial charge in [0, 0.05) is 5.41 Å². The van der Waals surface area contributed by atoms with Crippen LogP contribution in [0, 0.1) is 0 Å². The molecule has 0 aliphatic heterocycles. The minimum absolute atomic E-state index is 0.000345. The van der Waals surface area contributed by atoms with Gasteiger partial charge in [-0.15, -0.1) is 0 Å². The molecule has 0 spiro atoms. The quantitative estimate of drug-likeness (QED) is 0.828. The number of H-pyrrole nitrogens is 1. The van der Waals surface area contributed by atoms with Crippen molar-refractivity contribution in [3.63, 3.8) is 0 Å². The van der Waals surface area contributed by atoms with E-state index in [0.29, 0.717) is 15.8 Å². The molecule has 0 saturated heterocycles. The molecule has 2 rings (SSSR count). The standard InChI is InChI=1S/C11H13Cl2N3/c1-4-11(2,3)10-14-7-5-6(12)8(13)15-9(7)16-10/h5H,4H2,1-3H3,(H,14,15,16). The van der Waals surface area contributed by atoms with E-state index >= 15 is 0 Å². The van der Waals surface area contributed by atoms with Gasteiger partial charge in [-0.25, -0.2) is 9.97 Å². The molecule has 0 aliphatic rings. The number of nitrogens with one attached hydrogen (secondary N) is 1. The second-order valence-electron chi connectivity index (χ2n) is 4.46. The smallest absolute Gasteiger partial charge is 0.179 e. The highest BCUT2D eigenvalue weighted by molar-refractivity contribution is 6.41. The van der Waals surface area contributed by atoms with Crippen molar-refractivity contribution in [2.45, 2.75) is 32.6 Å². The molecule has 0 saturated carbocycles. The average molecular weight is 258 g/mol. The first-order chi connectivity index (χ1) is 7.44. The zero-order valence-electron chi connectivity index (χ0n) is 9.43. The Bertz CT molecular complexity index is 492. The molecule has 0 radical (unpaired) electrons. The van der Waals surface area contributed by atoms with E-state index in [4.69, 9.17) is 23.2 Å². The third kappa shape index (κ3) is 1.89. The molecule has 0 amide bonds. The number of aromatic nitrogens is 3. The van der Waals surface area contributed by atoms with Crippen molar-refractivity contribution in [2.24, 2.45) is 0 Å². The van der Waals surface area contributed by atoms with Gasteiger partial charge < -0.3 is 4.98 Å². The Morgan fingerprint density at radius 3 is 2.62 bits per heavy atom. The van der Waals surface area contributed by atoms with Crippen molar-refractivity contribution >= 4 is 34.4 Å². The molecular formula is C11H13Cl2N3. The van der Waals surface area contributed by atoms with Crippen molar-refractivity contribution in [3.05, 3.63) is 22.1 Å². The molecule has 0 unspecified atom stereocenters. The van der Waals surface area contributed by atoms with Crippen LogP contribution >= 0.6 is 23.2 Å². The first-order valence-electron chi connectivity index (χ1n) is 5.16. The summed E-state index contributed by atoms with van der Waals surface area (Å²) in [5.41, 5.74) is 1.44. The van der Waals surface area contributed by atoms with Crippen molar-refractivity contribution < 1.29 is 0 Å².